The third-order valence-electron chi connectivity index (χ3n) is 2.11. The Balaban J connectivity index is 0.000000771. The minimum atomic E-state index is -0.549. The molecule has 0 fully saturated rings. The first kappa shape index (κ1) is 13.7. The van der Waals surface area contributed by atoms with Crippen molar-refractivity contribution < 1.29 is 10.0 Å². The van der Waals surface area contributed by atoms with Gasteiger partial charge in [-0.1, -0.05) is 13.8 Å². The number of imidazole rings is 1. The van der Waals surface area contributed by atoms with Gasteiger partial charge in [-0.2, -0.15) is 0 Å². The lowest BCUT2D eigenvalue weighted by molar-refractivity contribution is -0.384. The van der Waals surface area contributed by atoms with E-state index in [1.807, 2.05) is 20.8 Å². The van der Waals surface area contributed by atoms with E-state index in [-0.39, 0.29) is 11.4 Å². The Morgan fingerprint density at radius 1 is 1.33 bits per heavy atom. The Kier molecular flexibility index (Phi) is 4.42. The normalized spacial score (nSPS) is 9.50. The maximum Gasteiger partial charge on any atom is 0.275 e. The van der Waals surface area contributed by atoms with Crippen molar-refractivity contribution in [2.24, 2.45) is 0 Å². The number of nitrogens with zero attached hydrogens (tertiary/aromatic N) is 3. The van der Waals surface area contributed by atoms with Crippen LogP contribution >= 0.6 is 0 Å². The van der Waals surface area contributed by atoms with Crippen LogP contribution in [0.1, 0.15) is 19.5 Å². The number of hydrogen-bond acceptors (Lipinski definition) is 4. The zero-order chi connectivity index (χ0) is 13.7. The summed E-state index contributed by atoms with van der Waals surface area (Å²) in [5.74, 6) is -0.143. The minimum Gasteiger partial charge on any atom is -0.508 e. The van der Waals surface area contributed by atoms with Crippen molar-refractivity contribution in [3.05, 3.63) is 46.5 Å². The molecular formula is C12H15N3O3. The minimum absolute atomic E-state index is 0.143. The van der Waals surface area contributed by atoms with E-state index < -0.39 is 4.92 Å². The molecule has 1 aromatic carbocycles. The van der Waals surface area contributed by atoms with Crippen LogP contribution in [0.25, 0.3) is 5.69 Å². The number of non-ortho nitro benzene ring substituents is 1. The third kappa shape index (κ3) is 3.07. The van der Waals surface area contributed by atoms with Crippen LogP contribution in [0.15, 0.2) is 30.7 Å². The fourth-order valence-corrected chi connectivity index (χ4v) is 1.40. The molecule has 0 bridgehead atoms. The van der Waals surface area contributed by atoms with E-state index in [1.165, 1.54) is 18.5 Å². The summed E-state index contributed by atoms with van der Waals surface area (Å²) in [5, 5.41) is 20.0. The standard InChI is InChI=1S/C10H9N3O3.C2H6/c1-7-5-12(6-11-7)8-2-9(13(15)16)4-10(14)3-8;1-2/h2-6,14H,1H3;1-2H3. The van der Waals surface area contributed by atoms with E-state index in [4.69, 9.17) is 0 Å². The van der Waals surface area contributed by atoms with Gasteiger partial charge < -0.3 is 9.67 Å². The lowest BCUT2D eigenvalue weighted by Gasteiger charge is -2.02. The van der Waals surface area contributed by atoms with Crippen LogP contribution in [0.5, 0.6) is 5.75 Å². The van der Waals surface area contributed by atoms with Crippen LogP contribution in [0.3, 0.4) is 0 Å². The van der Waals surface area contributed by atoms with Gasteiger partial charge in [0.1, 0.15) is 5.75 Å². The van der Waals surface area contributed by atoms with Crippen molar-refractivity contribution in [1.29, 1.82) is 0 Å². The molecule has 0 atom stereocenters. The first-order valence-electron chi connectivity index (χ1n) is 5.55. The van der Waals surface area contributed by atoms with Gasteiger partial charge in [-0.3, -0.25) is 10.1 Å². The molecule has 1 heterocycles. The van der Waals surface area contributed by atoms with Crippen LogP contribution in [0.4, 0.5) is 5.69 Å². The maximum absolute atomic E-state index is 10.6. The van der Waals surface area contributed by atoms with Gasteiger partial charge in [-0.25, -0.2) is 4.98 Å². The van der Waals surface area contributed by atoms with Crippen LogP contribution < -0.4 is 0 Å². The molecule has 2 aromatic rings. The second kappa shape index (κ2) is 5.81. The van der Waals surface area contributed by atoms with E-state index >= 15 is 0 Å². The molecular weight excluding hydrogens is 234 g/mol. The molecule has 6 heteroatoms. The summed E-state index contributed by atoms with van der Waals surface area (Å²) in [7, 11) is 0. The molecule has 0 radical (unpaired) electrons. The van der Waals surface area contributed by atoms with Gasteiger partial charge >= 0.3 is 0 Å². The maximum atomic E-state index is 10.6. The number of hydrogen-bond donors (Lipinski definition) is 1. The van der Waals surface area contributed by atoms with E-state index in [0.717, 1.165) is 11.8 Å². The molecule has 0 spiro atoms. The van der Waals surface area contributed by atoms with Crippen molar-refractivity contribution in [2.75, 3.05) is 0 Å². The molecule has 2 rings (SSSR count). The zero-order valence-electron chi connectivity index (χ0n) is 10.5. The second-order valence-electron chi connectivity index (χ2n) is 3.39. The predicted octanol–water partition coefficient (Wildman–Crippen LogP) is 2.82. The van der Waals surface area contributed by atoms with E-state index in [1.54, 1.807) is 10.8 Å². The van der Waals surface area contributed by atoms with E-state index in [9.17, 15) is 15.2 Å². The molecule has 0 unspecified atom stereocenters. The summed E-state index contributed by atoms with van der Waals surface area (Å²) in [4.78, 5) is 14.1. The lowest BCUT2D eigenvalue weighted by atomic mass is 10.2. The summed E-state index contributed by atoms with van der Waals surface area (Å²) in [6.45, 7) is 5.81. The average Bonchev–Trinajstić information content (AvgIpc) is 2.78. The number of phenols is 1. The SMILES string of the molecule is CC.Cc1cn(-c2cc(O)cc([N+](=O)[O-])c2)cn1. The van der Waals surface area contributed by atoms with Gasteiger partial charge in [0, 0.05) is 18.3 Å². The number of aromatic nitrogens is 2. The molecule has 18 heavy (non-hydrogen) atoms. The van der Waals surface area contributed by atoms with Gasteiger partial charge in [-0.15, -0.1) is 0 Å². The smallest absolute Gasteiger partial charge is 0.275 e. The average molecular weight is 249 g/mol. The number of rotatable bonds is 2. The van der Waals surface area contributed by atoms with Gasteiger partial charge in [0.15, 0.2) is 0 Å². The first-order chi connectivity index (χ1) is 8.56. The number of benzene rings is 1. The molecule has 1 N–H and O–H groups in total. The molecule has 1 aromatic heterocycles. The van der Waals surface area contributed by atoms with Gasteiger partial charge in [0.05, 0.1) is 28.7 Å². The van der Waals surface area contributed by atoms with Gasteiger partial charge in [0.2, 0.25) is 0 Å². The molecule has 0 aliphatic rings. The van der Waals surface area contributed by atoms with Crippen LogP contribution in [-0.2, 0) is 0 Å². The van der Waals surface area contributed by atoms with Crippen LogP contribution in [0, 0.1) is 17.0 Å². The quantitative estimate of drug-likeness (QED) is 0.655. The number of aromatic hydroxyl groups is 1. The summed E-state index contributed by atoms with van der Waals surface area (Å²) in [5.41, 5.74) is 1.15. The van der Waals surface area contributed by atoms with Crippen LogP contribution in [-0.4, -0.2) is 19.6 Å². The fraction of sp³-hybridized carbons (Fsp3) is 0.250. The number of nitro benzene ring substituents is 1. The highest BCUT2D eigenvalue weighted by molar-refractivity contribution is 5.49. The summed E-state index contributed by atoms with van der Waals surface area (Å²) < 4.78 is 1.61. The topological polar surface area (TPSA) is 81.2 Å². The van der Waals surface area contributed by atoms with Crippen LogP contribution in [0.2, 0.25) is 0 Å². The molecule has 0 aliphatic carbocycles. The van der Waals surface area contributed by atoms with Gasteiger partial charge in [0.25, 0.3) is 5.69 Å². The highest BCUT2D eigenvalue weighted by Gasteiger charge is 2.10. The Morgan fingerprint density at radius 2 is 2.00 bits per heavy atom. The van der Waals surface area contributed by atoms with Crippen molar-refractivity contribution in [3.63, 3.8) is 0 Å². The summed E-state index contributed by atoms with van der Waals surface area (Å²) in [6, 6.07) is 3.92. The Labute approximate surface area is 105 Å². The number of nitro groups is 1. The third-order valence-corrected chi connectivity index (χ3v) is 2.11. The molecule has 0 aliphatic heterocycles. The Hall–Kier alpha value is -2.37. The molecule has 0 saturated heterocycles. The zero-order valence-corrected chi connectivity index (χ0v) is 10.5. The molecule has 6 nitrogen and oxygen atoms in total. The van der Waals surface area contributed by atoms with E-state index in [2.05, 4.69) is 4.98 Å². The first-order valence-corrected chi connectivity index (χ1v) is 5.55. The monoisotopic (exact) mass is 249 g/mol. The number of aryl methyl sites for hydroxylation is 1. The van der Waals surface area contributed by atoms with Crippen molar-refractivity contribution in [2.45, 2.75) is 20.8 Å². The lowest BCUT2D eigenvalue weighted by Crippen LogP contribution is -1.93. The Morgan fingerprint density at radius 3 is 2.50 bits per heavy atom. The highest BCUT2D eigenvalue weighted by atomic mass is 16.6. The van der Waals surface area contributed by atoms with Gasteiger partial charge in [-0.05, 0) is 6.92 Å². The predicted molar refractivity (Wildman–Crippen MR) is 68.0 cm³/mol. The van der Waals surface area contributed by atoms with E-state index in [0.29, 0.717) is 5.69 Å². The number of phenolic OH excluding ortho intramolecular Hbond substituents is 1. The Bertz CT molecular complexity index is 549. The molecule has 96 valence electrons. The van der Waals surface area contributed by atoms with Crippen molar-refractivity contribution in [3.8, 4) is 11.4 Å². The second-order valence-corrected chi connectivity index (χ2v) is 3.39. The van der Waals surface area contributed by atoms with Crippen molar-refractivity contribution >= 4 is 5.69 Å². The summed E-state index contributed by atoms with van der Waals surface area (Å²) in [6.07, 6.45) is 3.26. The van der Waals surface area contributed by atoms with Crippen molar-refractivity contribution in [1.82, 2.24) is 9.55 Å². The fourth-order valence-electron chi connectivity index (χ4n) is 1.40. The largest absolute Gasteiger partial charge is 0.508 e. The molecule has 0 saturated carbocycles. The highest BCUT2D eigenvalue weighted by Crippen LogP contribution is 2.24. The summed E-state index contributed by atoms with van der Waals surface area (Å²) >= 11 is 0. The molecule has 0 amide bonds.